The van der Waals surface area contributed by atoms with Crippen LogP contribution in [0, 0.1) is 0 Å². The highest BCUT2D eigenvalue weighted by Crippen LogP contribution is 2.18. The first-order chi connectivity index (χ1) is 10.9. The number of rotatable bonds is 7. The minimum Gasteiger partial charge on any atom is -0.385 e. The number of sulfone groups is 1. The van der Waals surface area contributed by atoms with E-state index in [9.17, 15) is 13.2 Å². The Bertz CT molecular complexity index is 633. The summed E-state index contributed by atoms with van der Waals surface area (Å²) in [5, 5.41) is 11.0. The maximum Gasteiger partial charge on any atom is 0.274 e. The molecule has 1 unspecified atom stereocenters. The van der Waals surface area contributed by atoms with E-state index in [4.69, 9.17) is 4.74 Å². The summed E-state index contributed by atoms with van der Waals surface area (Å²) in [6.07, 6.45) is 1.31. The quantitative estimate of drug-likeness (QED) is 0.706. The maximum atomic E-state index is 12.3. The molecule has 1 aromatic heterocycles. The molecule has 1 aromatic rings. The topological polar surface area (TPSA) is 101 Å². The second-order valence-corrected chi connectivity index (χ2v) is 7.78. The molecule has 0 aliphatic carbocycles. The lowest BCUT2D eigenvalue weighted by molar-refractivity contribution is 0.0740. The summed E-state index contributed by atoms with van der Waals surface area (Å²) in [5.41, 5.74) is 0.208. The largest absolute Gasteiger partial charge is 0.385 e. The molecule has 0 bridgehead atoms. The molecule has 1 fully saturated rings. The van der Waals surface area contributed by atoms with Crippen LogP contribution in [0.2, 0.25) is 0 Å². The number of ether oxygens (including phenoxy) is 1. The second kappa shape index (κ2) is 7.69. The van der Waals surface area contributed by atoms with Gasteiger partial charge < -0.3 is 15.0 Å². The van der Waals surface area contributed by atoms with Crippen LogP contribution in [0.15, 0.2) is 12.1 Å². The molecule has 9 heteroatoms. The number of hydrogen-bond acceptors (Lipinski definition) is 7. The lowest BCUT2D eigenvalue weighted by Gasteiger charge is -2.22. The first kappa shape index (κ1) is 17.6. The van der Waals surface area contributed by atoms with Crippen molar-refractivity contribution in [2.45, 2.75) is 18.9 Å². The number of carbonyl (C=O) groups is 1. The van der Waals surface area contributed by atoms with Crippen LogP contribution in [-0.4, -0.2) is 74.3 Å². The molecule has 1 aliphatic heterocycles. The minimum absolute atomic E-state index is 0.0157. The molecule has 2 rings (SSSR count). The van der Waals surface area contributed by atoms with Gasteiger partial charge in [-0.2, -0.15) is 0 Å². The van der Waals surface area contributed by atoms with Crippen LogP contribution < -0.4 is 5.32 Å². The Labute approximate surface area is 136 Å². The fraction of sp³-hybridized carbons (Fsp3) is 0.643. The predicted octanol–water partition coefficient (Wildman–Crippen LogP) is 0.184. The summed E-state index contributed by atoms with van der Waals surface area (Å²) in [4.78, 5) is 13.8. The van der Waals surface area contributed by atoms with Crippen molar-refractivity contribution < 1.29 is 17.9 Å². The molecule has 0 aromatic carbocycles. The van der Waals surface area contributed by atoms with E-state index in [1.54, 1.807) is 26.3 Å². The molecule has 0 saturated carbocycles. The van der Waals surface area contributed by atoms with Gasteiger partial charge in [-0.05, 0) is 25.0 Å². The van der Waals surface area contributed by atoms with Crippen LogP contribution in [0.3, 0.4) is 0 Å². The lowest BCUT2D eigenvalue weighted by Crippen LogP contribution is -2.38. The monoisotopic (exact) mass is 342 g/mol. The van der Waals surface area contributed by atoms with E-state index < -0.39 is 9.84 Å². The number of aromatic nitrogens is 2. The fourth-order valence-corrected chi connectivity index (χ4v) is 4.18. The number of nitrogens with one attached hydrogen (secondary N) is 1. The highest BCUT2D eigenvalue weighted by molar-refractivity contribution is 7.91. The summed E-state index contributed by atoms with van der Waals surface area (Å²) >= 11 is 0. The molecule has 1 N–H and O–H groups in total. The van der Waals surface area contributed by atoms with Gasteiger partial charge in [0.2, 0.25) is 0 Å². The van der Waals surface area contributed by atoms with Crippen molar-refractivity contribution in [2.24, 2.45) is 0 Å². The van der Waals surface area contributed by atoms with E-state index in [0.29, 0.717) is 25.4 Å². The second-order valence-electron chi connectivity index (χ2n) is 5.55. The van der Waals surface area contributed by atoms with Crippen molar-refractivity contribution in [1.82, 2.24) is 15.1 Å². The summed E-state index contributed by atoms with van der Waals surface area (Å²) in [6.45, 7) is 1.36. The first-order valence-electron chi connectivity index (χ1n) is 7.47. The van der Waals surface area contributed by atoms with Crippen molar-refractivity contribution >= 4 is 21.6 Å². The van der Waals surface area contributed by atoms with Crippen molar-refractivity contribution in [3.63, 3.8) is 0 Å². The Morgan fingerprint density at radius 3 is 2.78 bits per heavy atom. The molecule has 8 nitrogen and oxygen atoms in total. The van der Waals surface area contributed by atoms with Gasteiger partial charge >= 0.3 is 0 Å². The zero-order valence-electron chi connectivity index (χ0n) is 13.4. The third-order valence-electron chi connectivity index (χ3n) is 3.79. The lowest BCUT2D eigenvalue weighted by atomic mass is 10.2. The molecular weight excluding hydrogens is 320 g/mol. The molecule has 0 spiro atoms. The van der Waals surface area contributed by atoms with Gasteiger partial charge in [0.1, 0.15) is 5.82 Å². The smallest absolute Gasteiger partial charge is 0.274 e. The summed E-state index contributed by atoms with van der Waals surface area (Å²) in [7, 11) is 0.221. The van der Waals surface area contributed by atoms with Gasteiger partial charge in [0, 0.05) is 33.4 Å². The Morgan fingerprint density at radius 2 is 2.22 bits per heavy atom. The molecule has 23 heavy (non-hydrogen) atoms. The van der Waals surface area contributed by atoms with Crippen LogP contribution in [0.1, 0.15) is 23.3 Å². The number of nitrogens with zero attached hydrogens (tertiary/aromatic N) is 3. The molecule has 1 aliphatic rings. The molecule has 1 saturated heterocycles. The first-order valence-corrected chi connectivity index (χ1v) is 9.29. The molecule has 1 atom stereocenters. The van der Waals surface area contributed by atoms with E-state index in [1.807, 2.05) is 0 Å². The van der Waals surface area contributed by atoms with Crippen molar-refractivity contribution in [3.8, 4) is 0 Å². The number of amides is 1. The molecule has 0 radical (unpaired) electrons. The van der Waals surface area contributed by atoms with Gasteiger partial charge in [-0.3, -0.25) is 4.79 Å². The molecule has 1 amide bonds. The zero-order valence-corrected chi connectivity index (χ0v) is 14.2. The highest BCUT2D eigenvalue weighted by Gasteiger charge is 2.33. The van der Waals surface area contributed by atoms with Crippen LogP contribution in [0.25, 0.3) is 0 Å². The third kappa shape index (κ3) is 4.87. The normalized spacial score (nSPS) is 19.5. The molecule has 2 heterocycles. The van der Waals surface area contributed by atoms with E-state index in [-0.39, 0.29) is 29.1 Å². The van der Waals surface area contributed by atoms with Gasteiger partial charge in [0.15, 0.2) is 15.5 Å². The highest BCUT2D eigenvalue weighted by atomic mass is 32.2. The standard InChI is InChI=1S/C14H22N4O4S/c1-18(11-6-9-23(20,21)10-11)14(19)12-4-5-13(17-16-12)15-7-3-8-22-2/h4-5,11H,3,6-10H2,1-2H3,(H,15,17). The molecule has 128 valence electrons. The van der Waals surface area contributed by atoms with Crippen molar-refractivity contribution in [3.05, 3.63) is 17.8 Å². The van der Waals surface area contributed by atoms with E-state index in [2.05, 4.69) is 15.5 Å². The van der Waals surface area contributed by atoms with Crippen molar-refractivity contribution in [2.75, 3.05) is 44.1 Å². The molecular formula is C14H22N4O4S. The number of carbonyl (C=O) groups excluding carboxylic acids is 1. The van der Waals surface area contributed by atoms with E-state index >= 15 is 0 Å². The SMILES string of the molecule is COCCCNc1ccc(C(=O)N(C)C2CCS(=O)(=O)C2)nn1. The van der Waals surface area contributed by atoms with Crippen LogP contribution >= 0.6 is 0 Å². The van der Waals surface area contributed by atoms with E-state index in [1.165, 1.54) is 4.90 Å². The zero-order chi connectivity index (χ0) is 16.9. The van der Waals surface area contributed by atoms with Gasteiger partial charge in [-0.25, -0.2) is 8.42 Å². The predicted molar refractivity (Wildman–Crippen MR) is 86.2 cm³/mol. The van der Waals surface area contributed by atoms with Gasteiger partial charge in [-0.15, -0.1) is 10.2 Å². The fourth-order valence-electron chi connectivity index (χ4n) is 2.40. The van der Waals surface area contributed by atoms with E-state index in [0.717, 1.165) is 6.42 Å². The Morgan fingerprint density at radius 1 is 1.43 bits per heavy atom. The Balaban J connectivity index is 1.92. The number of methoxy groups -OCH3 is 1. The summed E-state index contributed by atoms with van der Waals surface area (Å²) in [5.74, 6) is 0.418. The minimum atomic E-state index is -3.03. The van der Waals surface area contributed by atoms with Gasteiger partial charge in [-0.1, -0.05) is 0 Å². The maximum absolute atomic E-state index is 12.3. The average Bonchev–Trinajstić information content (AvgIpc) is 2.91. The summed E-state index contributed by atoms with van der Waals surface area (Å²) < 4.78 is 28.0. The Hall–Kier alpha value is -1.74. The Kier molecular flexibility index (Phi) is 5.89. The van der Waals surface area contributed by atoms with Crippen LogP contribution in [0.4, 0.5) is 5.82 Å². The van der Waals surface area contributed by atoms with Crippen molar-refractivity contribution in [1.29, 1.82) is 0 Å². The van der Waals surface area contributed by atoms with Gasteiger partial charge in [0.05, 0.1) is 11.5 Å². The van der Waals surface area contributed by atoms with Crippen LogP contribution in [-0.2, 0) is 14.6 Å². The number of anilines is 1. The van der Waals surface area contributed by atoms with Gasteiger partial charge in [0.25, 0.3) is 5.91 Å². The third-order valence-corrected chi connectivity index (χ3v) is 5.54. The average molecular weight is 342 g/mol. The number of hydrogen-bond donors (Lipinski definition) is 1. The van der Waals surface area contributed by atoms with Crippen LogP contribution in [0.5, 0.6) is 0 Å². The summed E-state index contributed by atoms with van der Waals surface area (Å²) in [6, 6.07) is 2.99.